The summed E-state index contributed by atoms with van der Waals surface area (Å²) < 4.78 is 5.74. The van der Waals surface area contributed by atoms with Gasteiger partial charge in [-0.25, -0.2) is 0 Å². The Kier molecular flexibility index (Phi) is 6.15. The smallest absolute Gasteiger partial charge is 0.0576 e. The molecule has 2 fully saturated rings. The van der Waals surface area contributed by atoms with Crippen LogP contribution in [-0.2, 0) is 4.74 Å². The first kappa shape index (κ1) is 15.3. The van der Waals surface area contributed by atoms with E-state index in [1.807, 2.05) is 0 Å². The quantitative estimate of drug-likeness (QED) is 0.785. The molecular formula is C17H33NO. The van der Waals surface area contributed by atoms with Gasteiger partial charge in [-0.05, 0) is 69.7 Å². The van der Waals surface area contributed by atoms with Crippen LogP contribution in [0.3, 0.4) is 0 Å². The molecule has 0 bridgehead atoms. The summed E-state index contributed by atoms with van der Waals surface area (Å²) in [6.07, 6.45) is 11.4. The molecule has 112 valence electrons. The summed E-state index contributed by atoms with van der Waals surface area (Å²) >= 11 is 0. The minimum Gasteiger partial charge on any atom is -0.378 e. The van der Waals surface area contributed by atoms with Gasteiger partial charge in [0.1, 0.15) is 0 Å². The monoisotopic (exact) mass is 267 g/mol. The molecule has 0 amide bonds. The first-order valence-corrected chi connectivity index (χ1v) is 8.49. The van der Waals surface area contributed by atoms with Gasteiger partial charge in [0.2, 0.25) is 0 Å². The predicted molar refractivity (Wildman–Crippen MR) is 81.3 cm³/mol. The number of hydrogen-bond acceptors (Lipinski definition) is 2. The molecule has 2 heteroatoms. The van der Waals surface area contributed by atoms with Crippen LogP contribution in [-0.4, -0.2) is 25.8 Å². The van der Waals surface area contributed by atoms with Gasteiger partial charge in [0, 0.05) is 12.6 Å². The van der Waals surface area contributed by atoms with Crippen LogP contribution in [0.2, 0.25) is 0 Å². The van der Waals surface area contributed by atoms with Crippen LogP contribution in [0.15, 0.2) is 0 Å². The van der Waals surface area contributed by atoms with Crippen LogP contribution in [0.5, 0.6) is 0 Å². The van der Waals surface area contributed by atoms with Gasteiger partial charge in [-0.3, -0.25) is 0 Å². The molecular weight excluding hydrogens is 234 g/mol. The summed E-state index contributed by atoms with van der Waals surface area (Å²) in [4.78, 5) is 0. The lowest BCUT2D eigenvalue weighted by Gasteiger charge is -2.38. The van der Waals surface area contributed by atoms with Gasteiger partial charge in [-0.2, -0.15) is 0 Å². The van der Waals surface area contributed by atoms with Crippen LogP contribution in [0.25, 0.3) is 0 Å². The van der Waals surface area contributed by atoms with Crippen molar-refractivity contribution in [2.45, 2.75) is 77.4 Å². The molecule has 1 saturated carbocycles. The summed E-state index contributed by atoms with van der Waals surface area (Å²) in [6, 6.07) is 0.763. The second-order valence-electron chi connectivity index (χ2n) is 7.04. The molecule has 1 heterocycles. The standard InChI is InChI=1S/C17H33NO/c1-13(2)14-9-10-17(18-3)15(12-14)6-4-7-16-8-5-11-19-16/h13-18H,4-12H2,1-3H3. The van der Waals surface area contributed by atoms with Gasteiger partial charge < -0.3 is 10.1 Å². The highest BCUT2D eigenvalue weighted by molar-refractivity contribution is 4.85. The van der Waals surface area contributed by atoms with Crippen molar-refractivity contribution in [1.29, 1.82) is 0 Å². The molecule has 4 unspecified atom stereocenters. The van der Waals surface area contributed by atoms with Crippen molar-refractivity contribution < 1.29 is 4.74 Å². The van der Waals surface area contributed by atoms with Crippen molar-refractivity contribution in [1.82, 2.24) is 5.32 Å². The molecule has 1 aliphatic heterocycles. The highest BCUT2D eigenvalue weighted by Crippen LogP contribution is 2.36. The van der Waals surface area contributed by atoms with Gasteiger partial charge in [0.15, 0.2) is 0 Å². The largest absolute Gasteiger partial charge is 0.378 e. The van der Waals surface area contributed by atoms with Crippen molar-refractivity contribution in [3.8, 4) is 0 Å². The lowest BCUT2D eigenvalue weighted by Crippen LogP contribution is -2.39. The van der Waals surface area contributed by atoms with Crippen LogP contribution >= 0.6 is 0 Å². The third-order valence-electron chi connectivity index (χ3n) is 5.46. The van der Waals surface area contributed by atoms with Crippen LogP contribution in [0.1, 0.15) is 65.2 Å². The molecule has 0 radical (unpaired) electrons. The second kappa shape index (κ2) is 7.64. The molecule has 0 aromatic carbocycles. The second-order valence-corrected chi connectivity index (χ2v) is 7.04. The predicted octanol–water partition coefficient (Wildman–Crippen LogP) is 4.00. The third-order valence-corrected chi connectivity index (χ3v) is 5.46. The fourth-order valence-corrected chi connectivity index (χ4v) is 4.08. The van der Waals surface area contributed by atoms with E-state index < -0.39 is 0 Å². The average molecular weight is 267 g/mol. The van der Waals surface area contributed by atoms with E-state index in [9.17, 15) is 0 Å². The van der Waals surface area contributed by atoms with E-state index in [-0.39, 0.29) is 0 Å². The van der Waals surface area contributed by atoms with Crippen LogP contribution < -0.4 is 5.32 Å². The van der Waals surface area contributed by atoms with Crippen molar-refractivity contribution in [3.05, 3.63) is 0 Å². The Morgan fingerprint density at radius 2 is 2.00 bits per heavy atom. The average Bonchev–Trinajstić information content (AvgIpc) is 2.91. The molecule has 1 N–H and O–H groups in total. The lowest BCUT2D eigenvalue weighted by atomic mass is 9.72. The first-order valence-electron chi connectivity index (χ1n) is 8.49. The molecule has 2 rings (SSSR count). The number of nitrogens with one attached hydrogen (secondary N) is 1. The Morgan fingerprint density at radius 1 is 1.16 bits per heavy atom. The Bertz CT molecular complexity index is 248. The number of hydrogen-bond donors (Lipinski definition) is 1. The minimum atomic E-state index is 0.581. The number of rotatable bonds is 6. The molecule has 1 aliphatic carbocycles. The summed E-state index contributed by atoms with van der Waals surface area (Å²) in [7, 11) is 2.15. The zero-order chi connectivity index (χ0) is 13.7. The van der Waals surface area contributed by atoms with Gasteiger partial charge >= 0.3 is 0 Å². The zero-order valence-corrected chi connectivity index (χ0v) is 13.2. The van der Waals surface area contributed by atoms with E-state index in [0.29, 0.717) is 6.10 Å². The van der Waals surface area contributed by atoms with E-state index in [1.165, 1.54) is 51.4 Å². The maximum Gasteiger partial charge on any atom is 0.0576 e. The van der Waals surface area contributed by atoms with Crippen LogP contribution in [0.4, 0.5) is 0 Å². The first-order chi connectivity index (χ1) is 9.20. The Balaban J connectivity index is 1.74. The SMILES string of the molecule is CNC1CCC(C(C)C)CC1CCCC1CCCO1. The normalized spacial score (nSPS) is 36.0. The fraction of sp³-hybridized carbons (Fsp3) is 1.00. The molecule has 1 saturated heterocycles. The van der Waals surface area contributed by atoms with Crippen molar-refractivity contribution in [3.63, 3.8) is 0 Å². The van der Waals surface area contributed by atoms with Gasteiger partial charge in [-0.15, -0.1) is 0 Å². The topological polar surface area (TPSA) is 21.3 Å². The van der Waals surface area contributed by atoms with Crippen molar-refractivity contribution >= 4 is 0 Å². The van der Waals surface area contributed by atoms with E-state index in [4.69, 9.17) is 4.74 Å². The van der Waals surface area contributed by atoms with Gasteiger partial charge in [-0.1, -0.05) is 20.3 Å². The molecule has 0 aromatic rings. The maximum atomic E-state index is 5.74. The number of ether oxygens (including phenoxy) is 1. The zero-order valence-electron chi connectivity index (χ0n) is 13.2. The summed E-state index contributed by atoms with van der Waals surface area (Å²) in [6.45, 7) is 5.80. The Hall–Kier alpha value is -0.0800. The van der Waals surface area contributed by atoms with E-state index >= 15 is 0 Å². The van der Waals surface area contributed by atoms with E-state index in [0.717, 1.165) is 30.4 Å². The van der Waals surface area contributed by atoms with Gasteiger partial charge in [0.05, 0.1) is 6.10 Å². The van der Waals surface area contributed by atoms with Gasteiger partial charge in [0.25, 0.3) is 0 Å². The van der Waals surface area contributed by atoms with Crippen molar-refractivity contribution in [2.75, 3.05) is 13.7 Å². The molecule has 19 heavy (non-hydrogen) atoms. The minimum absolute atomic E-state index is 0.581. The highest BCUT2D eigenvalue weighted by Gasteiger charge is 2.30. The van der Waals surface area contributed by atoms with E-state index in [1.54, 1.807) is 0 Å². The van der Waals surface area contributed by atoms with E-state index in [2.05, 4.69) is 26.2 Å². The summed E-state index contributed by atoms with van der Waals surface area (Å²) in [5.74, 6) is 2.71. The fourth-order valence-electron chi connectivity index (χ4n) is 4.08. The highest BCUT2D eigenvalue weighted by atomic mass is 16.5. The molecule has 2 aliphatic rings. The molecule has 0 aromatic heterocycles. The van der Waals surface area contributed by atoms with Crippen molar-refractivity contribution in [2.24, 2.45) is 17.8 Å². The maximum absolute atomic E-state index is 5.74. The molecule has 4 atom stereocenters. The third kappa shape index (κ3) is 4.46. The lowest BCUT2D eigenvalue weighted by molar-refractivity contribution is 0.0964. The molecule has 2 nitrogen and oxygen atoms in total. The Morgan fingerprint density at radius 3 is 2.63 bits per heavy atom. The summed E-state index contributed by atoms with van der Waals surface area (Å²) in [5, 5.41) is 3.56. The Labute approximate surface area is 119 Å². The molecule has 0 spiro atoms. The van der Waals surface area contributed by atoms with Crippen LogP contribution in [0, 0.1) is 17.8 Å². The summed E-state index contributed by atoms with van der Waals surface area (Å²) in [5.41, 5.74) is 0.